The van der Waals surface area contributed by atoms with E-state index in [4.69, 9.17) is 16.2 Å². The number of ether oxygens (including phenoxy) is 1. The van der Waals surface area contributed by atoms with E-state index in [-0.39, 0.29) is 5.96 Å². The second-order valence-electron chi connectivity index (χ2n) is 5.82. The Morgan fingerprint density at radius 1 is 1.20 bits per heavy atom. The molecule has 0 spiro atoms. The quantitative estimate of drug-likeness (QED) is 0.198. The first kappa shape index (κ1) is 20.7. The van der Waals surface area contributed by atoms with Crippen LogP contribution < -0.4 is 21.1 Å². The first-order valence-electron chi connectivity index (χ1n) is 8.93. The largest absolute Gasteiger partial charge is 0.479 e. The van der Waals surface area contributed by atoms with Crippen LogP contribution in [0.2, 0.25) is 0 Å². The van der Waals surface area contributed by atoms with E-state index in [1.807, 2.05) is 6.19 Å². The normalized spacial score (nSPS) is 11.2. The average molecular weight is 346 g/mol. The third kappa shape index (κ3) is 7.86. The molecular formula is C18H30N6O. The van der Waals surface area contributed by atoms with Crippen molar-refractivity contribution in [1.82, 2.24) is 4.98 Å². The molecule has 0 aromatic carbocycles. The Hall–Kier alpha value is -2.33. The molecule has 1 aromatic rings. The lowest BCUT2D eigenvalue weighted by molar-refractivity contribution is 0.399. The molecule has 0 amide bonds. The van der Waals surface area contributed by atoms with E-state index >= 15 is 0 Å². The van der Waals surface area contributed by atoms with Gasteiger partial charge in [0, 0.05) is 12.7 Å². The van der Waals surface area contributed by atoms with Crippen LogP contribution >= 0.6 is 0 Å². The second-order valence-corrected chi connectivity index (χ2v) is 5.82. The zero-order valence-electron chi connectivity index (χ0n) is 15.2. The van der Waals surface area contributed by atoms with Crippen molar-refractivity contribution >= 4 is 11.6 Å². The summed E-state index contributed by atoms with van der Waals surface area (Å²) in [5, 5.41) is 9.36. The van der Waals surface area contributed by atoms with Gasteiger partial charge in [-0.1, -0.05) is 38.5 Å². The summed E-state index contributed by atoms with van der Waals surface area (Å²) in [7, 11) is 1.50. The number of pyridine rings is 1. The minimum atomic E-state index is 0.163. The molecule has 0 aliphatic heterocycles. The van der Waals surface area contributed by atoms with Crippen molar-refractivity contribution < 1.29 is 4.74 Å². The Morgan fingerprint density at radius 2 is 1.84 bits per heavy atom. The van der Waals surface area contributed by atoms with Crippen LogP contribution in [0.15, 0.2) is 23.3 Å². The summed E-state index contributed by atoms with van der Waals surface area (Å²) in [5.41, 5.74) is 11.9. The van der Waals surface area contributed by atoms with E-state index in [1.165, 1.54) is 44.1 Å². The fourth-order valence-corrected chi connectivity index (χ4v) is 2.52. The van der Waals surface area contributed by atoms with Gasteiger partial charge in [-0.25, -0.2) is 9.88 Å². The lowest BCUT2D eigenvalue weighted by Gasteiger charge is -2.16. The van der Waals surface area contributed by atoms with Crippen molar-refractivity contribution in [3.63, 3.8) is 0 Å². The van der Waals surface area contributed by atoms with Gasteiger partial charge in [-0.05, 0) is 31.5 Å². The number of nitrogens with two attached hydrogens (primary N) is 2. The fraction of sp³-hybridized carbons (Fsp3) is 0.611. The Morgan fingerprint density at radius 3 is 2.44 bits per heavy atom. The van der Waals surface area contributed by atoms with E-state index in [0.29, 0.717) is 18.1 Å². The Labute approximate surface area is 150 Å². The van der Waals surface area contributed by atoms with Crippen LogP contribution in [-0.4, -0.2) is 31.1 Å². The number of anilines is 1. The highest BCUT2D eigenvalue weighted by atomic mass is 16.5. The number of aliphatic imine (C=N–C) groups is 1. The molecule has 7 heteroatoms. The molecule has 0 saturated heterocycles. The smallest absolute Gasteiger partial charge is 0.238 e. The molecule has 0 bridgehead atoms. The molecule has 25 heavy (non-hydrogen) atoms. The lowest BCUT2D eigenvalue weighted by atomic mass is 10.1. The lowest BCUT2D eigenvalue weighted by Crippen LogP contribution is -2.34. The predicted octanol–water partition coefficient (Wildman–Crippen LogP) is 2.77. The second kappa shape index (κ2) is 13.0. The van der Waals surface area contributed by atoms with Gasteiger partial charge in [0.1, 0.15) is 5.69 Å². The highest BCUT2D eigenvalue weighted by Crippen LogP contribution is 2.24. The van der Waals surface area contributed by atoms with Gasteiger partial charge in [0.15, 0.2) is 6.19 Å². The van der Waals surface area contributed by atoms with Gasteiger partial charge in [-0.3, -0.25) is 4.99 Å². The highest BCUT2D eigenvalue weighted by molar-refractivity contribution is 5.98. The molecule has 1 rings (SSSR count). The standard InChI is InChI=1S/C18H30N6O/c1-25-17-16(11-10-14-22-17)24(15-20)18(21)23-13-9-7-5-3-2-4-6-8-12-19/h10-11,14H,2-9,12-13,19H2,1H3,(H2,21,23). The number of aromatic nitrogens is 1. The third-order valence-electron chi connectivity index (χ3n) is 3.90. The van der Waals surface area contributed by atoms with E-state index in [0.717, 1.165) is 25.8 Å². The molecule has 0 radical (unpaired) electrons. The van der Waals surface area contributed by atoms with E-state index in [9.17, 15) is 5.26 Å². The Bertz CT molecular complexity index is 555. The summed E-state index contributed by atoms with van der Waals surface area (Å²) in [6.07, 6.45) is 13.1. The SMILES string of the molecule is COc1ncccc1N(C#N)C(N)=NCCCCCCCCCCN. The van der Waals surface area contributed by atoms with Gasteiger partial charge in [0.25, 0.3) is 0 Å². The number of nitrogens with zero attached hydrogens (tertiary/aromatic N) is 4. The zero-order chi connectivity index (χ0) is 18.3. The maximum atomic E-state index is 9.36. The number of nitriles is 1. The van der Waals surface area contributed by atoms with E-state index < -0.39 is 0 Å². The molecule has 138 valence electrons. The van der Waals surface area contributed by atoms with Crippen molar-refractivity contribution in [2.24, 2.45) is 16.5 Å². The number of methoxy groups -OCH3 is 1. The van der Waals surface area contributed by atoms with Crippen LogP contribution in [0.25, 0.3) is 0 Å². The molecule has 1 aromatic heterocycles. The number of hydrogen-bond donors (Lipinski definition) is 2. The highest BCUT2D eigenvalue weighted by Gasteiger charge is 2.15. The number of guanidine groups is 1. The topological polar surface area (TPSA) is 114 Å². The molecule has 0 atom stereocenters. The van der Waals surface area contributed by atoms with Crippen LogP contribution in [0.5, 0.6) is 5.88 Å². The van der Waals surface area contributed by atoms with Crippen LogP contribution in [0.3, 0.4) is 0 Å². The van der Waals surface area contributed by atoms with Crippen molar-refractivity contribution in [2.45, 2.75) is 51.4 Å². The van der Waals surface area contributed by atoms with Gasteiger partial charge in [-0.15, -0.1) is 0 Å². The molecule has 0 unspecified atom stereocenters. The van der Waals surface area contributed by atoms with Crippen molar-refractivity contribution in [3.05, 3.63) is 18.3 Å². The van der Waals surface area contributed by atoms with Gasteiger partial charge < -0.3 is 16.2 Å². The number of rotatable bonds is 12. The molecule has 0 aliphatic rings. The maximum absolute atomic E-state index is 9.36. The van der Waals surface area contributed by atoms with Gasteiger partial charge in [-0.2, -0.15) is 5.26 Å². The summed E-state index contributed by atoms with van der Waals surface area (Å²) in [6.45, 7) is 1.41. The predicted molar refractivity (Wildman–Crippen MR) is 101 cm³/mol. The van der Waals surface area contributed by atoms with Crippen LogP contribution in [0, 0.1) is 11.5 Å². The molecule has 4 N–H and O–H groups in total. The summed E-state index contributed by atoms with van der Waals surface area (Å²) in [5.74, 6) is 0.507. The minimum absolute atomic E-state index is 0.163. The Kier molecular flexibility index (Phi) is 10.8. The third-order valence-corrected chi connectivity index (χ3v) is 3.90. The average Bonchev–Trinajstić information content (AvgIpc) is 2.64. The first-order valence-corrected chi connectivity index (χ1v) is 8.93. The van der Waals surface area contributed by atoms with Gasteiger partial charge in [0.2, 0.25) is 11.8 Å². The Balaban J connectivity index is 2.33. The maximum Gasteiger partial charge on any atom is 0.238 e. The summed E-state index contributed by atoms with van der Waals surface area (Å²) < 4.78 is 5.16. The zero-order valence-corrected chi connectivity index (χ0v) is 15.2. The van der Waals surface area contributed by atoms with E-state index in [1.54, 1.807) is 18.3 Å². The fourth-order valence-electron chi connectivity index (χ4n) is 2.52. The van der Waals surface area contributed by atoms with Gasteiger partial charge >= 0.3 is 0 Å². The molecule has 0 fully saturated rings. The molecule has 7 nitrogen and oxygen atoms in total. The van der Waals surface area contributed by atoms with Gasteiger partial charge in [0.05, 0.1) is 7.11 Å². The van der Waals surface area contributed by atoms with Crippen LogP contribution in [-0.2, 0) is 0 Å². The number of hydrogen-bond acceptors (Lipinski definition) is 5. The first-order chi connectivity index (χ1) is 12.2. The molecule has 1 heterocycles. The summed E-state index contributed by atoms with van der Waals surface area (Å²) >= 11 is 0. The summed E-state index contributed by atoms with van der Waals surface area (Å²) in [6, 6.07) is 3.45. The van der Waals surface area contributed by atoms with Crippen molar-refractivity contribution in [2.75, 3.05) is 25.1 Å². The monoisotopic (exact) mass is 346 g/mol. The molecule has 0 saturated carbocycles. The number of unbranched alkanes of at least 4 members (excludes halogenated alkanes) is 7. The molecular weight excluding hydrogens is 316 g/mol. The van der Waals surface area contributed by atoms with Crippen LogP contribution in [0.1, 0.15) is 51.4 Å². The molecule has 0 aliphatic carbocycles. The van der Waals surface area contributed by atoms with E-state index in [2.05, 4.69) is 9.98 Å². The van der Waals surface area contributed by atoms with Crippen molar-refractivity contribution in [1.29, 1.82) is 5.26 Å². The minimum Gasteiger partial charge on any atom is -0.479 e. The van der Waals surface area contributed by atoms with Crippen LogP contribution in [0.4, 0.5) is 5.69 Å². The van der Waals surface area contributed by atoms with Crippen molar-refractivity contribution in [3.8, 4) is 12.1 Å². The summed E-state index contributed by atoms with van der Waals surface area (Å²) in [4.78, 5) is 9.62.